The van der Waals surface area contributed by atoms with Gasteiger partial charge < -0.3 is 14.8 Å². The highest BCUT2D eigenvalue weighted by atomic mass is 35.5. The summed E-state index contributed by atoms with van der Waals surface area (Å²) in [5.41, 5.74) is 1.43. The Hall–Kier alpha value is -2.48. The van der Waals surface area contributed by atoms with Crippen molar-refractivity contribution in [2.75, 3.05) is 44.8 Å². The summed E-state index contributed by atoms with van der Waals surface area (Å²) in [5.74, 6) is 0.906. The van der Waals surface area contributed by atoms with Crippen molar-refractivity contribution in [3.8, 4) is 5.75 Å². The molecule has 1 saturated heterocycles. The maximum absolute atomic E-state index is 13.4. The molecule has 152 valence electrons. The third-order valence-electron chi connectivity index (χ3n) is 4.78. The van der Waals surface area contributed by atoms with Gasteiger partial charge in [-0.1, -0.05) is 11.6 Å². The molecule has 4 rings (SSSR count). The maximum Gasteiger partial charge on any atom is 0.141 e. The minimum Gasteiger partial charge on any atom is -0.494 e. The van der Waals surface area contributed by atoms with E-state index in [4.69, 9.17) is 21.1 Å². The van der Waals surface area contributed by atoms with E-state index in [0.717, 1.165) is 55.9 Å². The van der Waals surface area contributed by atoms with Crippen LogP contribution in [0.25, 0.3) is 10.9 Å². The molecule has 0 atom stereocenters. The van der Waals surface area contributed by atoms with Crippen LogP contribution >= 0.6 is 11.6 Å². The van der Waals surface area contributed by atoms with Gasteiger partial charge in [0.15, 0.2) is 0 Å². The van der Waals surface area contributed by atoms with Crippen molar-refractivity contribution < 1.29 is 13.9 Å². The molecule has 0 amide bonds. The minimum atomic E-state index is -0.461. The number of anilines is 2. The van der Waals surface area contributed by atoms with Gasteiger partial charge in [-0.2, -0.15) is 0 Å². The lowest BCUT2D eigenvalue weighted by Gasteiger charge is -2.26. The second kappa shape index (κ2) is 9.35. The van der Waals surface area contributed by atoms with Crippen molar-refractivity contribution in [1.29, 1.82) is 0 Å². The highest BCUT2D eigenvalue weighted by molar-refractivity contribution is 6.31. The first-order valence-electron chi connectivity index (χ1n) is 9.59. The molecule has 0 bridgehead atoms. The largest absolute Gasteiger partial charge is 0.494 e. The number of morpholine rings is 1. The van der Waals surface area contributed by atoms with Gasteiger partial charge in [-0.3, -0.25) is 4.90 Å². The minimum absolute atomic E-state index is 0.0534. The number of fused-ring (bicyclic) bond motifs is 1. The summed E-state index contributed by atoms with van der Waals surface area (Å²) in [4.78, 5) is 11.0. The number of nitrogens with one attached hydrogen (secondary N) is 1. The Morgan fingerprint density at radius 1 is 1.14 bits per heavy atom. The summed E-state index contributed by atoms with van der Waals surface area (Å²) in [6, 6.07) is 10.2. The van der Waals surface area contributed by atoms with Crippen molar-refractivity contribution in [1.82, 2.24) is 14.9 Å². The average Bonchev–Trinajstić information content (AvgIpc) is 2.75. The predicted octanol–water partition coefficient (Wildman–Crippen LogP) is 4.27. The summed E-state index contributed by atoms with van der Waals surface area (Å²) in [7, 11) is 0. The number of hydrogen-bond acceptors (Lipinski definition) is 6. The molecule has 1 fully saturated rings. The van der Waals surface area contributed by atoms with E-state index in [1.165, 1.54) is 18.5 Å². The van der Waals surface area contributed by atoms with E-state index in [0.29, 0.717) is 18.1 Å². The molecular formula is C21H22ClFN4O2. The second-order valence-electron chi connectivity index (χ2n) is 6.81. The van der Waals surface area contributed by atoms with Gasteiger partial charge in [0.1, 0.15) is 23.7 Å². The molecule has 2 aromatic carbocycles. The molecule has 1 aromatic heterocycles. The molecule has 1 aliphatic heterocycles. The van der Waals surface area contributed by atoms with E-state index in [1.807, 2.05) is 18.2 Å². The summed E-state index contributed by atoms with van der Waals surface area (Å²) < 4.78 is 24.7. The van der Waals surface area contributed by atoms with E-state index in [9.17, 15) is 4.39 Å². The lowest BCUT2D eigenvalue weighted by molar-refractivity contribution is 0.0358. The zero-order valence-electron chi connectivity index (χ0n) is 15.9. The highest BCUT2D eigenvalue weighted by Crippen LogP contribution is 2.28. The zero-order valence-corrected chi connectivity index (χ0v) is 16.7. The molecule has 8 heteroatoms. The number of nitrogens with zero attached hydrogens (tertiary/aromatic N) is 3. The van der Waals surface area contributed by atoms with E-state index in [-0.39, 0.29) is 5.02 Å². The van der Waals surface area contributed by atoms with Gasteiger partial charge in [0, 0.05) is 30.7 Å². The van der Waals surface area contributed by atoms with E-state index in [1.54, 1.807) is 6.07 Å². The van der Waals surface area contributed by atoms with Crippen LogP contribution in [0.3, 0.4) is 0 Å². The standard InChI is InChI=1S/C21H22ClFN4O2/c22-18-12-15(2-4-19(18)23)26-21-17-13-16(3-5-20(17)24-14-25-21)29-9-1-6-27-7-10-28-11-8-27/h2-5,12-14H,1,6-11H2,(H,24,25,26). The number of ether oxygens (including phenoxy) is 2. The Morgan fingerprint density at radius 3 is 2.83 bits per heavy atom. The highest BCUT2D eigenvalue weighted by Gasteiger charge is 2.10. The summed E-state index contributed by atoms with van der Waals surface area (Å²) in [6.07, 6.45) is 2.43. The molecule has 2 heterocycles. The summed E-state index contributed by atoms with van der Waals surface area (Å²) >= 11 is 5.87. The van der Waals surface area contributed by atoms with Gasteiger partial charge in [0.05, 0.1) is 30.4 Å². The number of halogens is 2. The lowest BCUT2D eigenvalue weighted by Crippen LogP contribution is -2.37. The molecule has 0 unspecified atom stereocenters. The summed E-state index contributed by atoms with van der Waals surface area (Å²) in [6.45, 7) is 5.21. The van der Waals surface area contributed by atoms with Crippen molar-refractivity contribution in [2.45, 2.75) is 6.42 Å². The van der Waals surface area contributed by atoms with Crippen molar-refractivity contribution in [3.63, 3.8) is 0 Å². The molecule has 0 aliphatic carbocycles. The van der Waals surface area contributed by atoms with Gasteiger partial charge in [-0.05, 0) is 42.8 Å². The van der Waals surface area contributed by atoms with Crippen LogP contribution in [-0.4, -0.2) is 54.3 Å². The van der Waals surface area contributed by atoms with Gasteiger partial charge in [-0.15, -0.1) is 0 Å². The fourth-order valence-corrected chi connectivity index (χ4v) is 3.42. The maximum atomic E-state index is 13.4. The van der Waals surface area contributed by atoms with Crippen molar-refractivity contribution in [3.05, 3.63) is 53.6 Å². The first-order valence-corrected chi connectivity index (χ1v) is 9.96. The molecule has 29 heavy (non-hydrogen) atoms. The molecule has 0 spiro atoms. The topological polar surface area (TPSA) is 59.5 Å². The van der Waals surface area contributed by atoms with Crippen LogP contribution in [0.5, 0.6) is 5.75 Å². The second-order valence-corrected chi connectivity index (χ2v) is 7.22. The Balaban J connectivity index is 1.43. The van der Waals surface area contributed by atoms with E-state index in [2.05, 4.69) is 20.2 Å². The fraction of sp³-hybridized carbons (Fsp3) is 0.333. The Morgan fingerprint density at radius 2 is 2.00 bits per heavy atom. The molecular weight excluding hydrogens is 395 g/mol. The number of aromatic nitrogens is 2. The van der Waals surface area contributed by atoms with Crippen molar-refractivity contribution >= 4 is 34.0 Å². The van der Waals surface area contributed by atoms with Crippen LogP contribution in [0, 0.1) is 5.82 Å². The molecule has 6 nitrogen and oxygen atoms in total. The van der Waals surface area contributed by atoms with Gasteiger partial charge in [0.25, 0.3) is 0 Å². The normalized spacial score (nSPS) is 14.8. The van der Waals surface area contributed by atoms with Crippen LogP contribution in [-0.2, 0) is 4.74 Å². The van der Waals surface area contributed by atoms with Crippen LogP contribution in [0.1, 0.15) is 6.42 Å². The third-order valence-corrected chi connectivity index (χ3v) is 5.07. The predicted molar refractivity (Wildman–Crippen MR) is 112 cm³/mol. The number of rotatable bonds is 7. The van der Waals surface area contributed by atoms with Gasteiger partial charge in [-0.25, -0.2) is 14.4 Å². The quantitative estimate of drug-likeness (QED) is 0.580. The van der Waals surface area contributed by atoms with E-state index < -0.39 is 5.82 Å². The monoisotopic (exact) mass is 416 g/mol. The van der Waals surface area contributed by atoms with Crippen LogP contribution < -0.4 is 10.1 Å². The van der Waals surface area contributed by atoms with Crippen LogP contribution in [0.2, 0.25) is 5.02 Å². The van der Waals surface area contributed by atoms with E-state index >= 15 is 0 Å². The Bertz CT molecular complexity index is 982. The average molecular weight is 417 g/mol. The SMILES string of the molecule is Fc1ccc(Nc2ncnc3ccc(OCCCN4CCOCC4)cc23)cc1Cl. The fourth-order valence-electron chi connectivity index (χ4n) is 3.24. The summed E-state index contributed by atoms with van der Waals surface area (Å²) in [5, 5.41) is 4.05. The molecule has 3 aromatic rings. The Labute approximate surface area is 173 Å². The number of hydrogen-bond donors (Lipinski definition) is 1. The van der Waals surface area contributed by atoms with Gasteiger partial charge in [0.2, 0.25) is 0 Å². The Kier molecular flexibility index (Phi) is 6.39. The first-order chi connectivity index (χ1) is 14.2. The molecule has 0 saturated carbocycles. The zero-order chi connectivity index (χ0) is 20.1. The number of benzene rings is 2. The molecule has 1 aliphatic rings. The lowest BCUT2D eigenvalue weighted by atomic mass is 10.2. The van der Waals surface area contributed by atoms with Crippen molar-refractivity contribution in [2.24, 2.45) is 0 Å². The third kappa shape index (κ3) is 5.12. The van der Waals surface area contributed by atoms with Crippen LogP contribution in [0.4, 0.5) is 15.9 Å². The molecule has 0 radical (unpaired) electrons. The smallest absolute Gasteiger partial charge is 0.141 e. The van der Waals surface area contributed by atoms with Gasteiger partial charge >= 0.3 is 0 Å². The molecule has 1 N–H and O–H groups in total. The first kappa shape index (κ1) is 19.8. The van der Waals surface area contributed by atoms with Crippen LogP contribution in [0.15, 0.2) is 42.7 Å².